The summed E-state index contributed by atoms with van der Waals surface area (Å²) in [6.07, 6.45) is 0.604. The lowest BCUT2D eigenvalue weighted by Gasteiger charge is -2.29. The molecule has 1 fully saturated rings. The van der Waals surface area contributed by atoms with Gasteiger partial charge in [-0.15, -0.1) is 0 Å². The number of aromatic amines is 1. The van der Waals surface area contributed by atoms with Gasteiger partial charge in [-0.05, 0) is 26.7 Å². The van der Waals surface area contributed by atoms with Gasteiger partial charge in [0.1, 0.15) is 5.82 Å². The van der Waals surface area contributed by atoms with E-state index in [9.17, 15) is 13.6 Å². The van der Waals surface area contributed by atoms with Crippen LogP contribution in [0.3, 0.4) is 0 Å². The maximum absolute atomic E-state index is 13.2. The van der Waals surface area contributed by atoms with Crippen LogP contribution < -0.4 is 10.9 Å². The van der Waals surface area contributed by atoms with Crippen molar-refractivity contribution in [1.82, 2.24) is 19.7 Å². The van der Waals surface area contributed by atoms with Gasteiger partial charge in [0.2, 0.25) is 5.92 Å². The molecule has 0 atom stereocenters. The summed E-state index contributed by atoms with van der Waals surface area (Å²) in [5, 5.41) is 5.84. The Morgan fingerprint density at radius 1 is 1.26 bits per heavy atom. The Labute approximate surface area is 131 Å². The van der Waals surface area contributed by atoms with Crippen LogP contribution >= 0.6 is 0 Å². The number of rotatable bonds is 3. The van der Waals surface area contributed by atoms with Gasteiger partial charge in [0.15, 0.2) is 0 Å². The number of hydrogen-bond acceptors (Lipinski definition) is 4. The van der Waals surface area contributed by atoms with Crippen LogP contribution in [0, 0.1) is 13.8 Å². The minimum absolute atomic E-state index is 0.0263. The van der Waals surface area contributed by atoms with Gasteiger partial charge in [0.25, 0.3) is 11.5 Å². The zero-order valence-corrected chi connectivity index (χ0v) is 13.1. The maximum Gasteiger partial charge on any atom is 0.264 e. The standard InChI is InChI=1S/C15H19F2N5O/c1-9-7-12(19-11-3-5-15(16,17)6-4-11)20-14(18-9)22-10(2)8-13(23)21-22/h7-8,11H,3-6H2,1-2H3,(H,21,23)(H,18,19,20). The first-order valence-corrected chi connectivity index (χ1v) is 7.61. The smallest absolute Gasteiger partial charge is 0.264 e. The number of aryl methyl sites for hydroxylation is 2. The summed E-state index contributed by atoms with van der Waals surface area (Å²) in [6, 6.07) is 3.21. The van der Waals surface area contributed by atoms with Crippen molar-refractivity contribution in [2.24, 2.45) is 0 Å². The van der Waals surface area contributed by atoms with Gasteiger partial charge in [0, 0.05) is 42.4 Å². The number of aromatic nitrogens is 4. The molecule has 3 rings (SSSR count). The van der Waals surface area contributed by atoms with Gasteiger partial charge in [-0.25, -0.2) is 18.4 Å². The summed E-state index contributed by atoms with van der Waals surface area (Å²) < 4.78 is 28.0. The molecule has 2 aromatic heterocycles. The molecule has 0 saturated heterocycles. The van der Waals surface area contributed by atoms with Crippen molar-refractivity contribution < 1.29 is 8.78 Å². The topological polar surface area (TPSA) is 75.6 Å². The van der Waals surface area contributed by atoms with Crippen LogP contribution in [0.25, 0.3) is 5.95 Å². The van der Waals surface area contributed by atoms with Crippen molar-refractivity contribution in [1.29, 1.82) is 0 Å². The van der Waals surface area contributed by atoms with Gasteiger partial charge < -0.3 is 5.32 Å². The van der Waals surface area contributed by atoms with E-state index in [-0.39, 0.29) is 24.4 Å². The van der Waals surface area contributed by atoms with Gasteiger partial charge in [-0.3, -0.25) is 9.89 Å². The molecule has 2 aromatic rings. The van der Waals surface area contributed by atoms with Crippen molar-refractivity contribution in [3.05, 3.63) is 33.9 Å². The molecule has 1 saturated carbocycles. The summed E-state index contributed by atoms with van der Waals surface area (Å²) in [7, 11) is 0. The Bertz CT molecular complexity index is 757. The summed E-state index contributed by atoms with van der Waals surface area (Å²) in [4.78, 5) is 20.1. The summed E-state index contributed by atoms with van der Waals surface area (Å²) >= 11 is 0. The number of hydrogen-bond donors (Lipinski definition) is 2. The summed E-state index contributed by atoms with van der Waals surface area (Å²) in [6.45, 7) is 3.60. The molecule has 2 N–H and O–H groups in total. The SMILES string of the molecule is Cc1cc(NC2CCC(F)(F)CC2)nc(-n2[nH]c(=O)cc2C)n1. The van der Waals surface area contributed by atoms with E-state index < -0.39 is 5.92 Å². The minimum Gasteiger partial charge on any atom is -0.367 e. The Morgan fingerprint density at radius 3 is 2.57 bits per heavy atom. The average Bonchev–Trinajstić information content (AvgIpc) is 2.79. The zero-order valence-electron chi connectivity index (χ0n) is 13.1. The van der Waals surface area contributed by atoms with E-state index in [2.05, 4.69) is 20.4 Å². The molecule has 0 unspecified atom stereocenters. The lowest BCUT2D eigenvalue weighted by atomic mass is 9.92. The van der Waals surface area contributed by atoms with Crippen molar-refractivity contribution in [2.75, 3.05) is 5.32 Å². The van der Waals surface area contributed by atoms with Crippen LogP contribution in [-0.4, -0.2) is 31.7 Å². The number of H-pyrrole nitrogens is 1. The molecule has 124 valence electrons. The fraction of sp³-hybridized carbons (Fsp3) is 0.533. The third-order valence-corrected chi connectivity index (χ3v) is 4.03. The number of nitrogens with one attached hydrogen (secondary N) is 2. The molecule has 6 nitrogen and oxygen atoms in total. The second-order valence-corrected chi connectivity index (χ2v) is 6.07. The third-order valence-electron chi connectivity index (χ3n) is 4.03. The van der Waals surface area contributed by atoms with E-state index in [4.69, 9.17) is 0 Å². The van der Waals surface area contributed by atoms with Gasteiger partial charge in [0.05, 0.1) is 0 Å². The van der Waals surface area contributed by atoms with E-state index >= 15 is 0 Å². The first kappa shape index (κ1) is 15.6. The normalized spacial score (nSPS) is 18.1. The predicted octanol–water partition coefficient (Wildman–Crippen LogP) is 2.56. The monoisotopic (exact) mass is 323 g/mol. The molecule has 1 aliphatic rings. The number of alkyl halides is 2. The molecular formula is C15H19F2N5O. The van der Waals surface area contributed by atoms with E-state index in [1.54, 1.807) is 13.0 Å². The molecule has 1 aliphatic carbocycles. The molecule has 8 heteroatoms. The molecule has 23 heavy (non-hydrogen) atoms. The zero-order chi connectivity index (χ0) is 16.6. The Hall–Kier alpha value is -2.25. The highest BCUT2D eigenvalue weighted by Gasteiger charge is 2.34. The van der Waals surface area contributed by atoms with Crippen LogP contribution in [0.2, 0.25) is 0 Å². The summed E-state index contributed by atoms with van der Waals surface area (Å²) in [5.41, 5.74) is 1.20. The van der Waals surface area contributed by atoms with Crippen molar-refractivity contribution in [3.8, 4) is 5.95 Å². The quantitative estimate of drug-likeness (QED) is 0.910. The first-order valence-electron chi connectivity index (χ1n) is 7.61. The van der Waals surface area contributed by atoms with Crippen molar-refractivity contribution in [2.45, 2.75) is 51.5 Å². The largest absolute Gasteiger partial charge is 0.367 e. The average molecular weight is 323 g/mol. The van der Waals surface area contributed by atoms with Crippen LogP contribution in [0.4, 0.5) is 14.6 Å². The lowest BCUT2D eigenvalue weighted by Crippen LogP contribution is -2.32. The molecule has 2 heterocycles. The van der Waals surface area contributed by atoms with Gasteiger partial charge in [-0.2, -0.15) is 4.98 Å². The molecule has 0 radical (unpaired) electrons. The Balaban J connectivity index is 1.81. The van der Waals surface area contributed by atoms with Gasteiger partial charge >= 0.3 is 0 Å². The van der Waals surface area contributed by atoms with Crippen molar-refractivity contribution in [3.63, 3.8) is 0 Å². The number of halogens is 2. The fourth-order valence-corrected chi connectivity index (χ4v) is 2.81. The fourth-order valence-electron chi connectivity index (χ4n) is 2.81. The minimum atomic E-state index is -2.55. The molecule has 0 amide bonds. The summed E-state index contributed by atoms with van der Waals surface area (Å²) in [5.74, 6) is -1.61. The molecule has 0 aromatic carbocycles. The second kappa shape index (κ2) is 5.75. The highest BCUT2D eigenvalue weighted by atomic mass is 19.3. The van der Waals surface area contributed by atoms with Crippen LogP contribution in [-0.2, 0) is 0 Å². The second-order valence-electron chi connectivity index (χ2n) is 6.07. The molecule has 0 spiro atoms. The third kappa shape index (κ3) is 3.57. The van der Waals surface area contributed by atoms with Crippen LogP contribution in [0.5, 0.6) is 0 Å². The van der Waals surface area contributed by atoms with Gasteiger partial charge in [-0.1, -0.05) is 0 Å². The van der Waals surface area contributed by atoms with E-state index in [1.165, 1.54) is 10.7 Å². The van der Waals surface area contributed by atoms with Crippen LogP contribution in [0.1, 0.15) is 37.1 Å². The van der Waals surface area contributed by atoms with Crippen LogP contribution in [0.15, 0.2) is 16.9 Å². The predicted molar refractivity (Wildman–Crippen MR) is 82.3 cm³/mol. The Morgan fingerprint density at radius 2 is 1.96 bits per heavy atom. The highest BCUT2D eigenvalue weighted by molar-refractivity contribution is 5.40. The lowest BCUT2D eigenvalue weighted by molar-refractivity contribution is -0.0361. The molecule has 0 aliphatic heterocycles. The first-order chi connectivity index (χ1) is 10.8. The number of nitrogens with zero attached hydrogens (tertiary/aromatic N) is 3. The van der Waals surface area contributed by atoms with E-state index in [0.29, 0.717) is 30.3 Å². The molecular weight excluding hydrogens is 304 g/mol. The number of anilines is 1. The van der Waals surface area contributed by atoms with E-state index in [0.717, 1.165) is 5.69 Å². The highest BCUT2D eigenvalue weighted by Crippen LogP contribution is 2.34. The molecule has 0 bridgehead atoms. The Kier molecular flexibility index (Phi) is 3.91. The maximum atomic E-state index is 13.2. The van der Waals surface area contributed by atoms with Crippen molar-refractivity contribution >= 4 is 5.82 Å². The van der Waals surface area contributed by atoms with E-state index in [1.807, 2.05) is 6.92 Å².